The van der Waals surface area contributed by atoms with Crippen LogP contribution in [-0.4, -0.2) is 81.6 Å². The molecule has 0 radical (unpaired) electrons. The maximum absolute atomic E-state index is 12.9. The third-order valence-corrected chi connectivity index (χ3v) is 5.53. The van der Waals surface area contributed by atoms with Crippen LogP contribution in [0.5, 0.6) is 0 Å². The highest BCUT2D eigenvalue weighted by Gasteiger charge is 2.53. The van der Waals surface area contributed by atoms with E-state index >= 15 is 0 Å². The standard InChI is InChI=1S/C18H29N7O8S/c1-18(2,3)32-16(26)20-7-5-6-8-24-13-11(9-21-24)12-10-23(14(13)15(19-4)22-28)17(27)25(12)33-34(29,30)31/h9,12,14,28H,5-8,10H2,1-4H3,(H,19,22)(H,20,26)(H,29,30,31)/t12-,14-/m0/s1. The topological polar surface area (TPSA) is 188 Å². The third-order valence-electron chi connectivity index (χ3n) is 5.18. The lowest BCUT2D eigenvalue weighted by Crippen LogP contribution is -2.44. The number of rotatable bonds is 8. The highest BCUT2D eigenvalue weighted by molar-refractivity contribution is 7.80. The molecular formula is C18H29N7O8S. The van der Waals surface area contributed by atoms with Crippen molar-refractivity contribution >= 4 is 28.4 Å². The number of nitrogens with zero attached hydrogens (tertiary/aromatic N) is 5. The predicted octanol–water partition coefficient (Wildman–Crippen LogP) is 0.763. The number of amidine groups is 1. The van der Waals surface area contributed by atoms with Crippen molar-refractivity contribution in [3.63, 3.8) is 0 Å². The van der Waals surface area contributed by atoms with Crippen molar-refractivity contribution in [1.82, 2.24) is 30.5 Å². The Kier molecular flexibility index (Phi) is 7.35. The molecule has 3 amide bonds. The summed E-state index contributed by atoms with van der Waals surface area (Å²) in [5, 5.41) is 17.2. The molecule has 0 saturated carbocycles. The Labute approximate surface area is 196 Å². The summed E-state index contributed by atoms with van der Waals surface area (Å²) in [5.74, 6) is 0.0371. The van der Waals surface area contributed by atoms with Gasteiger partial charge in [-0.2, -0.15) is 18.6 Å². The number of hydroxylamine groups is 3. The third kappa shape index (κ3) is 5.57. The molecule has 2 atom stereocenters. The van der Waals surface area contributed by atoms with Gasteiger partial charge in [-0.25, -0.2) is 9.59 Å². The van der Waals surface area contributed by atoms with Crippen LogP contribution in [0.25, 0.3) is 0 Å². The number of nitrogens with one attached hydrogen (secondary N) is 2. The molecule has 2 aliphatic rings. The van der Waals surface area contributed by atoms with Crippen molar-refractivity contribution in [2.75, 3.05) is 20.1 Å². The normalized spacial score (nSPS) is 20.4. The molecule has 1 aromatic heterocycles. The minimum atomic E-state index is -4.95. The number of fused-ring (bicyclic) bond motifs is 4. The van der Waals surface area contributed by atoms with E-state index in [1.165, 1.54) is 18.1 Å². The molecule has 3 rings (SSSR count). The number of aliphatic imine (C=N–C) groups is 1. The summed E-state index contributed by atoms with van der Waals surface area (Å²) in [6.45, 7) is 6.13. The van der Waals surface area contributed by atoms with E-state index in [-0.39, 0.29) is 12.4 Å². The SMILES string of the molecule is CN=C(NO)[C@@H]1c2c(cnn2CCCCNC(=O)OC(C)(C)C)[C@@H]2CN1C(=O)N2OS(=O)(=O)O. The number of hydrogen-bond acceptors (Lipinski definition) is 9. The minimum absolute atomic E-state index is 0.0260. The number of aromatic nitrogens is 2. The van der Waals surface area contributed by atoms with Gasteiger partial charge in [0.15, 0.2) is 0 Å². The quantitative estimate of drug-likeness (QED) is 0.130. The van der Waals surface area contributed by atoms with E-state index in [9.17, 15) is 23.2 Å². The number of unbranched alkanes of at least 4 members (excludes halogenated alkanes) is 1. The lowest BCUT2D eigenvalue weighted by atomic mass is 9.97. The van der Waals surface area contributed by atoms with E-state index in [2.05, 4.69) is 19.7 Å². The van der Waals surface area contributed by atoms with E-state index < -0.39 is 40.2 Å². The minimum Gasteiger partial charge on any atom is -0.444 e. The summed E-state index contributed by atoms with van der Waals surface area (Å²) < 4.78 is 43.0. The van der Waals surface area contributed by atoms with Crippen LogP contribution in [-0.2, 0) is 26.0 Å². The highest BCUT2D eigenvalue weighted by Crippen LogP contribution is 2.44. The maximum Gasteiger partial charge on any atom is 0.418 e. The first-order valence-electron chi connectivity index (χ1n) is 10.5. The number of ether oxygens (including phenoxy) is 1. The molecule has 0 unspecified atom stereocenters. The lowest BCUT2D eigenvalue weighted by molar-refractivity contribution is -0.0316. The first-order chi connectivity index (χ1) is 15.9. The van der Waals surface area contributed by atoms with Gasteiger partial charge in [-0.05, 0) is 33.6 Å². The van der Waals surface area contributed by atoms with Crippen LogP contribution < -0.4 is 10.8 Å². The van der Waals surface area contributed by atoms with Crippen LogP contribution in [0.3, 0.4) is 0 Å². The first-order valence-corrected chi connectivity index (χ1v) is 11.9. The summed E-state index contributed by atoms with van der Waals surface area (Å²) in [6, 6.07) is -2.57. The zero-order chi connectivity index (χ0) is 25.3. The Morgan fingerprint density at radius 2 is 2.06 bits per heavy atom. The number of carbonyl (C=O) groups is 2. The predicted molar refractivity (Wildman–Crippen MR) is 116 cm³/mol. The van der Waals surface area contributed by atoms with Gasteiger partial charge in [-0.15, -0.1) is 4.28 Å². The molecule has 34 heavy (non-hydrogen) atoms. The Morgan fingerprint density at radius 1 is 1.35 bits per heavy atom. The zero-order valence-corrected chi connectivity index (χ0v) is 20.1. The van der Waals surface area contributed by atoms with Crippen molar-refractivity contribution in [2.45, 2.75) is 57.8 Å². The van der Waals surface area contributed by atoms with Crippen LogP contribution >= 0.6 is 0 Å². The summed E-state index contributed by atoms with van der Waals surface area (Å²) >= 11 is 0. The summed E-state index contributed by atoms with van der Waals surface area (Å²) in [4.78, 5) is 29.9. The molecule has 0 aliphatic carbocycles. The fourth-order valence-electron chi connectivity index (χ4n) is 3.92. The van der Waals surface area contributed by atoms with Crippen LogP contribution in [0.2, 0.25) is 0 Å². The molecule has 0 aromatic carbocycles. The fourth-order valence-corrected chi connectivity index (χ4v) is 4.29. The van der Waals surface area contributed by atoms with Gasteiger partial charge < -0.3 is 15.0 Å². The van der Waals surface area contributed by atoms with Gasteiger partial charge in [-0.1, -0.05) is 0 Å². The average Bonchev–Trinajstić information content (AvgIpc) is 3.24. The van der Waals surface area contributed by atoms with Gasteiger partial charge >= 0.3 is 22.5 Å². The van der Waals surface area contributed by atoms with E-state index in [4.69, 9.17) is 9.29 Å². The number of urea groups is 1. The largest absolute Gasteiger partial charge is 0.444 e. The fraction of sp³-hybridized carbons (Fsp3) is 0.667. The van der Waals surface area contributed by atoms with Crippen molar-refractivity contribution in [2.24, 2.45) is 4.99 Å². The number of aryl methyl sites for hydroxylation is 1. The molecule has 15 nitrogen and oxygen atoms in total. The van der Waals surface area contributed by atoms with Gasteiger partial charge in [0.2, 0.25) is 0 Å². The summed E-state index contributed by atoms with van der Waals surface area (Å²) in [5.41, 5.74) is 2.38. The highest BCUT2D eigenvalue weighted by atomic mass is 32.3. The smallest absolute Gasteiger partial charge is 0.418 e. The Hall–Kier alpha value is -2.95. The van der Waals surface area contributed by atoms with Crippen molar-refractivity contribution in [3.8, 4) is 0 Å². The van der Waals surface area contributed by atoms with Crippen LogP contribution in [0.4, 0.5) is 9.59 Å². The van der Waals surface area contributed by atoms with Crippen molar-refractivity contribution in [3.05, 3.63) is 17.5 Å². The van der Waals surface area contributed by atoms with Crippen LogP contribution in [0.1, 0.15) is 57.0 Å². The van der Waals surface area contributed by atoms with E-state index in [1.54, 1.807) is 25.5 Å². The molecule has 1 aromatic rings. The monoisotopic (exact) mass is 503 g/mol. The second kappa shape index (κ2) is 9.73. The number of amides is 3. The molecule has 2 bridgehead atoms. The number of hydrogen-bond donors (Lipinski definition) is 4. The van der Waals surface area contributed by atoms with E-state index in [0.717, 1.165) is 0 Å². The molecule has 190 valence electrons. The maximum atomic E-state index is 12.9. The number of carbonyl (C=O) groups excluding carboxylic acids is 2. The van der Waals surface area contributed by atoms with Gasteiger partial charge in [0.25, 0.3) is 0 Å². The van der Waals surface area contributed by atoms with Crippen molar-refractivity contribution < 1.29 is 36.8 Å². The van der Waals surface area contributed by atoms with E-state index in [0.29, 0.717) is 42.3 Å². The van der Waals surface area contributed by atoms with Crippen LogP contribution in [0.15, 0.2) is 11.2 Å². The molecule has 4 N–H and O–H groups in total. The molecule has 3 heterocycles. The Bertz CT molecular complexity index is 1060. The molecule has 2 aliphatic heterocycles. The summed E-state index contributed by atoms with van der Waals surface area (Å²) in [7, 11) is -3.53. The second-order valence-corrected chi connectivity index (χ2v) is 9.75. The second-order valence-electron chi connectivity index (χ2n) is 8.75. The zero-order valence-electron chi connectivity index (χ0n) is 19.3. The first kappa shape index (κ1) is 25.7. The Morgan fingerprint density at radius 3 is 2.65 bits per heavy atom. The average molecular weight is 504 g/mol. The van der Waals surface area contributed by atoms with Gasteiger partial charge in [0, 0.05) is 25.7 Å². The molecular weight excluding hydrogens is 474 g/mol. The summed E-state index contributed by atoms with van der Waals surface area (Å²) in [6.07, 6.45) is 2.18. The van der Waals surface area contributed by atoms with E-state index in [1.807, 2.05) is 5.48 Å². The lowest BCUT2D eigenvalue weighted by Gasteiger charge is -2.31. The molecule has 1 saturated heterocycles. The van der Waals surface area contributed by atoms with Gasteiger partial charge in [-0.3, -0.25) is 24.9 Å². The van der Waals surface area contributed by atoms with Gasteiger partial charge in [0.1, 0.15) is 23.5 Å². The van der Waals surface area contributed by atoms with Gasteiger partial charge in [0.05, 0.1) is 18.4 Å². The molecule has 1 fully saturated rings. The van der Waals surface area contributed by atoms with Crippen molar-refractivity contribution in [1.29, 1.82) is 0 Å². The van der Waals surface area contributed by atoms with Crippen LogP contribution in [0, 0.1) is 0 Å². The molecule has 16 heteroatoms. The number of alkyl carbamates (subject to hydrolysis) is 1. The molecule has 0 spiro atoms. The Balaban J connectivity index is 1.76.